The van der Waals surface area contributed by atoms with E-state index in [1.807, 2.05) is 0 Å². The minimum Gasteiger partial charge on any atom is -0.298 e. The average Bonchev–Trinajstić information content (AvgIpc) is 2.82. The van der Waals surface area contributed by atoms with E-state index in [-0.39, 0.29) is 16.8 Å². The van der Waals surface area contributed by atoms with Crippen molar-refractivity contribution in [2.75, 3.05) is 0 Å². The number of hydrogen-bond donors (Lipinski definition) is 1. The molecule has 1 aromatic rings. The average molecular weight is 229 g/mol. The summed E-state index contributed by atoms with van der Waals surface area (Å²) in [6, 6.07) is 1.34. The zero-order valence-electron chi connectivity index (χ0n) is 8.50. The Morgan fingerprint density at radius 1 is 1.60 bits per heavy atom. The molecular formula is C10H13ClN2O2. The lowest BCUT2D eigenvalue weighted by molar-refractivity contribution is 0.571. The standard InChI is InChI=1S/C10H13ClN2O2/c1-2-3-6-4-7(6)13-9(14)5-8(11)12-10(13)15/h5-7H,2-4H2,1H3,(H,12,15). The summed E-state index contributed by atoms with van der Waals surface area (Å²) >= 11 is 5.58. The van der Waals surface area contributed by atoms with Gasteiger partial charge in [0, 0.05) is 12.1 Å². The fourth-order valence-corrected chi connectivity index (χ4v) is 2.19. The van der Waals surface area contributed by atoms with Crippen LogP contribution in [-0.4, -0.2) is 9.55 Å². The summed E-state index contributed by atoms with van der Waals surface area (Å²) in [5.41, 5.74) is -0.691. The Labute approximate surface area is 91.9 Å². The molecule has 1 fully saturated rings. The van der Waals surface area contributed by atoms with E-state index in [0.29, 0.717) is 5.92 Å². The molecule has 1 aromatic heterocycles. The second-order valence-electron chi connectivity index (χ2n) is 3.98. The molecule has 1 aliphatic carbocycles. The van der Waals surface area contributed by atoms with Crippen LogP contribution in [0.1, 0.15) is 32.2 Å². The van der Waals surface area contributed by atoms with Gasteiger partial charge in [-0.15, -0.1) is 0 Å². The van der Waals surface area contributed by atoms with Crippen LogP contribution in [0.5, 0.6) is 0 Å². The molecular weight excluding hydrogens is 216 g/mol. The van der Waals surface area contributed by atoms with Crippen molar-refractivity contribution in [3.05, 3.63) is 32.1 Å². The molecule has 0 spiro atoms. The van der Waals surface area contributed by atoms with Gasteiger partial charge < -0.3 is 0 Å². The van der Waals surface area contributed by atoms with E-state index < -0.39 is 5.69 Å². The van der Waals surface area contributed by atoms with Gasteiger partial charge in [-0.05, 0) is 18.8 Å². The largest absolute Gasteiger partial charge is 0.329 e. The molecule has 82 valence electrons. The Morgan fingerprint density at radius 3 is 2.93 bits per heavy atom. The second kappa shape index (κ2) is 3.85. The number of rotatable bonds is 3. The topological polar surface area (TPSA) is 54.9 Å². The predicted molar refractivity (Wildman–Crippen MR) is 58.4 cm³/mol. The minimum absolute atomic E-state index is 0.0819. The highest BCUT2D eigenvalue weighted by Gasteiger charge is 2.39. The van der Waals surface area contributed by atoms with Crippen LogP contribution >= 0.6 is 11.6 Å². The maximum absolute atomic E-state index is 11.6. The van der Waals surface area contributed by atoms with Crippen LogP contribution in [0, 0.1) is 5.92 Å². The number of nitrogens with one attached hydrogen (secondary N) is 1. The van der Waals surface area contributed by atoms with Crippen LogP contribution in [0.2, 0.25) is 5.15 Å². The molecule has 2 rings (SSSR count). The summed E-state index contributed by atoms with van der Waals surface area (Å²) in [5, 5.41) is 0.106. The smallest absolute Gasteiger partial charge is 0.298 e. The van der Waals surface area contributed by atoms with Crippen molar-refractivity contribution in [1.29, 1.82) is 0 Å². The van der Waals surface area contributed by atoms with Crippen molar-refractivity contribution in [3.8, 4) is 0 Å². The summed E-state index contributed by atoms with van der Waals surface area (Å²) in [7, 11) is 0. The predicted octanol–water partition coefficient (Wildman–Crippen LogP) is 1.55. The molecule has 0 aromatic carbocycles. The van der Waals surface area contributed by atoms with Gasteiger partial charge >= 0.3 is 5.69 Å². The summed E-state index contributed by atoms with van der Waals surface area (Å²) in [6.07, 6.45) is 3.08. The molecule has 1 N–H and O–H groups in total. The second-order valence-corrected chi connectivity index (χ2v) is 4.39. The van der Waals surface area contributed by atoms with Crippen LogP contribution in [-0.2, 0) is 0 Å². The molecule has 0 aliphatic heterocycles. The fourth-order valence-electron chi connectivity index (χ4n) is 2.02. The number of hydrogen-bond acceptors (Lipinski definition) is 2. The van der Waals surface area contributed by atoms with E-state index in [1.165, 1.54) is 10.6 Å². The Hall–Kier alpha value is -1.03. The Morgan fingerprint density at radius 2 is 2.33 bits per heavy atom. The number of halogens is 1. The SMILES string of the molecule is CCCC1CC1n1c(=O)cc(Cl)[nH]c1=O. The number of aromatic nitrogens is 2. The van der Waals surface area contributed by atoms with Gasteiger partial charge in [-0.2, -0.15) is 0 Å². The summed E-state index contributed by atoms with van der Waals surface area (Å²) in [6.45, 7) is 2.10. The van der Waals surface area contributed by atoms with Crippen molar-refractivity contribution in [2.24, 2.45) is 5.92 Å². The fraction of sp³-hybridized carbons (Fsp3) is 0.600. The van der Waals surface area contributed by atoms with Gasteiger partial charge in [0.05, 0.1) is 0 Å². The van der Waals surface area contributed by atoms with Crippen molar-refractivity contribution in [2.45, 2.75) is 32.2 Å². The summed E-state index contributed by atoms with van der Waals surface area (Å²) in [5.74, 6) is 0.481. The van der Waals surface area contributed by atoms with Crippen LogP contribution in [0.15, 0.2) is 15.7 Å². The molecule has 0 bridgehead atoms. The van der Waals surface area contributed by atoms with Crippen molar-refractivity contribution < 1.29 is 0 Å². The normalized spacial score (nSPS) is 24.1. The van der Waals surface area contributed by atoms with Gasteiger partial charge in [0.15, 0.2) is 0 Å². The highest BCUT2D eigenvalue weighted by Crippen LogP contribution is 2.44. The number of H-pyrrole nitrogens is 1. The first kappa shape index (κ1) is 10.5. The molecule has 4 nitrogen and oxygen atoms in total. The molecule has 1 aliphatic rings. The Balaban J connectivity index is 2.31. The number of aromatic amines is 1. The van der Waals surface area contributed by atoms with E-state index in [9.17, 15) is 9.59 Å². The lowest BCUT2D eigenvalue weighted by atomic mass is 10.2. The van der Waals surface area contributed by atoms with E-state index >= 15 is 0 Å². The van der Waals surface area contributed by atoms with Crippen molar-refractivity contribution in [3.63, 3.8) is 0 Å². The van der Waals surface area contributed by atoms with E-state index in [2.05, 4.69) is 11.9 Å². The molecule has 0 radical (unpaired) electrons. The van der Waals surface area contributed by atoms with Gasteiger partial charge in [0.1, 0.15) is 5.15 Å². The molecule has 1 heterocycles. The van der Waals surface area contributed by atoms with Crippen LogP contribution in [0.4, 0.5) is 0 Å². The molecule has 5 heteroatoms. The van der Waals surface area contributed by atoms with Crippen molar-refractivity contribution in [1.82, 2.24) is 9.55 Å². The highest BCUT2D eigenvalue weighted by atomic mass is 35.5. The van der Waals surface area contributed by atoms with Crippen molar-refractivity contribution >= 4 is 11.6 Å². The van der Waals surface area contributed by atoms with Crippen LogP contribution in [0.3, 0.4) is 0 Å². The maximum atomic E-state index is 11.6. The minimum atomic E-state index is -0.392. The third-order valence-electron chi connectivity index (χ3n) is 2.81. The zero-order chi connectivity index (χ0) is 11.0. The first-order valence-corrected chi connectivity index (χ1v) is 5.52. The molecule has 1 saturated carbocycles. The lowest BCUT2D eigenvalue weighted by Gasteiger charge is -2.02. The van der Waals surface area contributed by atoms with Gasteiger partial charge in [0.25, 0.3) is 5.56 Å². The van der Waals surface area contributed by atoms with Crippen LogP contribution in [0.25, 0.3) is 0 Å². The van der Waals surface area contributed by atoms with Gasteiger partial charge in [0.2, 0.25) is 0 Å². The Bertz CT molecular complexity index is 446. The summed E-state index contributed by atoms with van der Waals surface area (Å²) in [4.78, 5) is 25.5. The highest BCUT2D eigenvalue weighted by molar-refractivity contribution is 6.29. The lowest BCUT2D eigenvalue weighted by Crippen LogP contribution is -2.34. The summed E-state index contributed by atoms with van der Waals surface area (Å²) < 4.78 is 1.28. The molecule has 0 amide bonds. The first-order valence-electron chi connectivity index (χ1n) is 5.15. The molecule has 2 atom stereocenters. The van der Waals surface area contributed by atoms with E-state index in [1.54, 1.807) is 0 Å². The maximum Gasteiger partial charge on any atom is 0.329 e. The third-order valence-corrected chi connectivity index (χ3v) is 3.01. The zero-order valence-corrected chi connectivity index (χ0v) is 9.25. The number of nitrogens with zero attached hydrogens (tertiary/aromatic N) is 1. The van der Waals surface area contributed by atoms with E-state index in [0.717, 1.165) is 19.3 Å². The van der Waals surface area contributed by atoms with Gasteiger partial charge in [-0.1, -0.05) is 24.9 Å². The van der Waals surface area contributed by atoms with E-state index in [4.69, 9.17) is 11.6 Å². The van der Waals surface area contributed by atoms with Gasteiger partial charge in [-0.25, -0.2) is 4.79 Å². The molecule has 15 heavy (non-hydrogen) atoms. The van der Waals surface area contributed by atoms with Gasteiger partial charge in [-0.3, -0.25) is 14.3 Å². The quantitative estimate of drug-likeness (QED) is 0.799. The molecule has 0 saturated heterocycles. The monoisotopic (exact) mass is 228 g/mol. The Kier molecular flexibility index (Phi) is 2.69. The van der Waals surface area contributed by atoms with Crippen LogP contribution < -0.4 is 11.2 Å². The first-order chi connectivity index (χ1) is 7.13. The molecule has 2 unspecified atom stereocenters. The third kappa shape index (κ3) is 2.00.